The molecule has 1 aliphatic rings. The van der Waals surface area contributed by atoms with Gasteiger partial charge in [0.15, 0.2) is 0 Å². The third-order valence-corrected chi connectivity index (χ3v) is 3.78. The van der Waals surface area contributed by atoms with Crippen LogP contribution in [0.2, 0.25) is 0 Å². The van der Waals surface area contributed by atoms with Crippen molar-refractivity contribution in [2.75, 3.05) is 20.1 Å². The molecule has 6 heteroatoms. The molecule has 0 saturated carbocycles. The van der Waals surface area contributed by atoms with Gasteiger partial charge in [0.2, 0.25) is 0 Å². The van der Waals surface area contributed by atoms with Crippen LogP contribution in [0.4, 0.5) is 5.69 Å². The Hall–Kier alpha value is -1.95. The van der Waals surface area contributed by atoms with Crippen LogP contribution in [-0.2, 0) is 0 Å². The highest BCUT2D eigenvalue weighted by Crippen LogP contribution is 2.20. The number of aryl methyl sites for hydroxylation is 1. The highest BCUT2D eigenvalue weighted by Gasteiger charge is 2.23. The van der Waals surface area contributed by atoms with Crippen LogP contribution in [0, 0.1) is 17.0 Å². The normalized spacial score (nSPS) is 18.6. The fraction of sp³-hybridized carbons (Fsp3) is 0.500. The number of piperidine rings is 1. The van der Waals surface area contributed by atoms with Crippen molar-refractivity contribution in [3.05, 3.63) is 39.4 Å². The standard InChI is InChI=1S/C14H19N3O3/c1-10-8-11(5-6-13(10)17(19)20)14(18)16(2)12-4-3-7-15-9-12/h5-6,8,12,15H,3-4,7,9H2,1-2H3. The summed E-state index contributed by atoms with van der Waals surface area (Å²) in [7, 11) is 1.79. The Labute approximate surface area is 117 Å². The maximum atomic E-state index is 12.4. The lowest BCUT2D eigenvalue weighted by Gasteiger charge is -2.31. The zero-order valence-electron chi connectivity index (χ0n) is 11.8. The van der Waals surface area contributed by atoms with E-state index in [2.05, 4.69) is 5.32 Å². The number of nitrogens with zero attached hydrogens (tertiary/aromatic N) is 2. The Morgan fingerprint density at radius 2 is 2.25 bits per heavy atom. The first-order valence-electron chi connectivity index (χ1n) is 6.73. The predicted molar refractivity (Wildman–Crippen MR) is 75.8 cm³/mol. The summed E-state index contributed by atoms with van der Waals surface area (Å²) in [6.07, 6.45) is 2.04. The van der Waals surface area contributed by atoms with Gasteiger partial charge in [0.25, 0.3) is 11.6 Å². The van der Waals surface area contributed by atoms with E-state index < -0.39 is 4.92 Å². The molecule has 1 aromatic carbocycles. The molecule has 0 spiro atoms. The van der Waals surface area contributed by atoms with Crippen molar-refractivity contribution in [1.29, 1.82) is 0 Å². The molecule has 1 amide bonds. The number of amides is 1. The number of benzene rings is 1. The monoisotopic (exact) mass is 277 g/mol. The molecule has 1 atom stereocenters. The first-order valence-corrected chi connectivity index (χ1v) is 6.73. The summed E-state index contributed by atoms with van der Waals surface area (Å²) >= 11 is 0. The number of hydrogen-bond donors (Lipinski definition) is 1. The van der Waals surface area contributed by atoms with Crippen LogP contribution in [0.15, 0.2) is 18.2 Å². The van der Waals surface area contributed by atoms with E-state index >= 15 is 0 Å². The van der Waals surface area contributed by atoms with Gasteiger partial charge >= 0.3 is 0 Å². The van der Waals surface area contributed by atoms with Crippen molar-refractivity contribution in [1.82, 2.24) is 10.2 Å². The van der Waals surface area contributed by atoms with Crippen molar-refractivity contribution in [2.24, 2.45) is 0 Å². The zero-order valence-corrected chi connectivity index (χ0v) is 11.8. The fourth-order valence-electron chi connectivity index (χ4n) is 2.53. The highest BCUT2D eigenvalue weighted by atomic mass is 16.6. The van der Waals surface area contributed by atoms with Crippen molar-refractivity contribution in [2.45, 2.75) is 25.8 Å². The molecule has 1 aromatic rings. The van der Waals surface area contributed by atoms with E-state index in [-0.39, 0.29) is 17.6 Å². The molecule has 20 heavy (non-hydrogen) atoms. The summed E-state index contributed by atoms with van der Waals surface area (Å²) < 4.78 is 0. The van der Waals surface area contributed by atoms with E-state index in [0.717, 1.165) is 25.9 Å². The van der Waals surface area contributed by atoms with E-state index in [1.54, 1.807) is 24.9 Å². The summed E-state index contributed by atoms with van der Waals surface area (Å²) in [6, 6.07) is 4.70. The molecule has 2 rings (SSSR count). The number of nitro groups is 1. The van der Waals surface area contributed by atoms with Crippen LogP contribution in [0.1, 0.15) is 28.8 Å². The number of carbonyl (C=O) groups is 1. The van der Waals surface area contributed by atoms with Gasteiger partial charge in [-0.2, -0.15) is 0 Å². The molecule has 0 radical (unpaired) electrons. The molecule has 1 N–H and O–H groups in total. The molecule has 1 aliphatic heterocycles. The summed E-state index contributed by atoms with van der Waals surface area (Å²) in [6.45, 7) is 3.44. The molecule has 1 heterocycles. The van der Waals surface area contributed by atoms with Crippen LogP contribution in [0.25, 0.3) is 0 Å². The van der Waals surface area contributed by atoms with Gasteiger partial charge in [-0.05, 0) is 38.4 Å². The molecule has 1 saturated heterocycles. The van der Waals surface area contributed by atoms with Crippen LogP contribution < -0.4 is 5.32 Å². The minimum atomic E-state index is -0.432. The van der Waals surface area contributed by atoms with E-state index in [9.17, 15) is 14.9 Å². The molecule has 108 valence electrons. The van der Waals surface area contributed by atoms with Gasteiger partial charge in [0, 0.05) is 36.8 Å². The van der Waals surface area contributed by atoms with Crippen molar-refractivity contribution in [3.8, 4) is 0 Å². The van der Waals surface area contributed by atoms with Gasteiger partial charge in [0.05, 0.1) is 4.92 Å². The molecule has 1 fully saturated rings. The second-order valence-electron chi connectivity index (χ2n) is 5.17. The van der Waals surface area contributed by atoms with Gasteiger partial charge in [0.1, 0.15) is 0 Å². The molecule has 0 bridgehead atoms. The first kappa shape index (κ1) is 14.5. The van der Waals surface area contributed by atoms with Crippen molar-refractivity contribution in [3.63, 3.8) is 0 Å². The molecule has 1 unspecified atom stereocenters. The summed E-state index contributed by atoms with van der Waals surface area (Å²) in [5, 5.41) is 14.1. The van der Waals surface area contributed by atoms with E-state index in [1.165, 1.54) is 12.1 Å². The minimum Gasteiger partial charge on any atom is -0.337 e. The third-order valence-electron chi connectivity index (χ3n) is 3.78. The lowest BCUT2D eigenvalue weighted by atomic mass is 10.0. The Bertz CT molecular complexity index is 524. The number of hydrogen-bond acceptors (Lipinski definition) is 4. The van der Waals surface area contributed by atoms with E-state index in [1.807, 2.05) is 0 Å². The second kappa shape index (κ2) is 6.00. The maximum absolute atomic E-state index is 12.4. The second-order valence-corrected chi connectivity index (χ2v) is 5.17. The quantitative estimate of drug-likeness (QED) is 0.674. The first-order chi connectivity index (χ1) is 9.50. The van der Waals surface area contributed by atoms with Crippen molar-refractivity contribution < 1.29 is 9.72 Å². The van der Waals surface area contributed by atoms with Crippen LogP contribution in [0.3, 0.4) is 0 Å². The van der Waals surface area contributed by atoms with Gasteiger partial charge in [-0.1, -0.05) is 0 Å². The Morgan fingerprint density at radius 3 is 2.80 bits per heavy atom. The predicted octanol–water partition coefficient (Wildman–Crippen LogP) is 1.73. The average Bonchev–Trinajstić information content (AvgIpc) is 2.46. The van der Waals surface area contributed by atoms with Crippen LogP contribution in [-0.4, -0.2) is 41.9 Å². The van der Waals surface area contributed by atoms with Gasteiger partial charge < -0.3 is 10.2 Å². The number of likely N-dealkylation sites (N-methyl/N-ethyl adjacent to an activating group) is 1. The van der Waals surface area contributed by atoms with Crippen LogP contribution >= 0.6 is 0 Å². The Balaban J connectivity index is 2.16. The number of nitrogens with one attached hydrogen (secondary N) is 1. The molecule has 0 aromatic heterocycles. The van der Waals surface area contributed by atoms with Gasteiger partial charge in [-0.25, -0.2) is 0 Å². The Kier molecular flexibility index (Phi) is 4.34. The fourth-order valence-corrected chi connectivity index (χ4v) is 2.53. The summed E-state index contributed by atoms with van der Waals surface area (Å²) in [5.74, 6) is -0.0864. The van der Waals surface area contributed by atoms with Crippen molar-refractivity contribution >= 4 is 11.6 Å². The number of rotatable bonds is 3. The minimum absolute atomic E-state index is 0.0449. The average molecular weight is 277 g/mol. The van der Waals surface area contributed by atoms with E-state index in [4.69, 9.17) is 0 Å². The summed E-state index contributed by atoms with van der Waals surface area (Å²) in [5.41, 5.74) is 1.06. The topological polar surface area (TPSA) is 75.5 Å². The summed E-state index contributed by atoms with van der Waals surface area (Å²) in [4.78, 5) is 24.5. The molecule has 0 aliphatic carbocycles. The smallest absolute Gasteiger partial charge is 0.272 e. The zero-order chi connectivity index (χ0) is 14.7. The molecular weight excluding hydrogens is 258 g/mol. The molecular formula is C14H19N3O3. The Morgan fingerprint density at radius 1 is 1.50 bits per heavy atom. The SMILES string of the molecule is Cc1cc(C(=O)N(C)C2CCCNC2)ccc1[N+](=O)[O-]. The van der Waals surface area contributed by atoms with Gasteiger partial charge in [-0.15, -0.1) is 0 Å². The number of carbonyl (C=O) groups excluding carboxylic acids is 1. The van der Waals surface area contributed by atoms with E-state index in [0.29, 0.717) is 11.1 Å². The van der Waals surface area contributed by atoms with Crippen LogP contribution in [0.5, 0.6) is 0 Å². The molecule has 6 nitrogen and oxygen atoms in total. The maximum Gasteiger partial charge on any atom is 0.272 e. The number of nitro benzene ring substituents is 1. The largest absolute Gasteiger partial charge is 0.337 e. The lowest BCUT2D eigenvalue weighted by Crippen LogP contribution is -2.46. The lowest BCUT2D eigenvalue weighted by molar-refractivity contribution is -0.385. The third kappa shape index (κ3) is 2.96. The highest BCUT2D eigenvalue weighted by molar-refractivity contribution is 5.94. The van der Waals surface area contributed by atoms with Gasteiger partial charge in [-0.3, -0.25) is 14.9 Å².